The summed E-state index contributed by atoms with van der Waals surface area (Å²) in [5, 5.41) is 2.69. The van der Waals surface area contributed by atoms with Gasteiger partial charge in [-0.25, -0.2) is 15.0 Å². The van der Waals surface area contributed by atoms with Crippen LogP contribution < -0.4 is 14.8 Å². The molecule has 0 atom stereocenters. The molecule has 0 saturated carbocycles. The highest BCUT2D eigenvalue weighted by Crippen LogP contribution is 2.32. The molecule has 27 heavy (non-hydrogen) atoms. The van der Waals surface area contributed by atoms with Crippen LogP contribution in [0.15, 0.2) is 48.7 Å². The Kier molecular flexibility index (Phi) is 5.11. The maximum absolute atomic E-state index is 12.8. The van der Waals surface area contributed by atoms with Crippen molar-refractivity contribution < 1.29 is 22.6 Å². The Hall–Kier alpha value is -3.36. The lowest BCUT2D eigenvalue weighted by Crippen LogP contribution is -2.09. The minimum absolute atomic E-state index is 0.00529. The lowest BCUT2D eigenvalue weighted by Gasteiger charge is -2.11. The first-order chi connectivity index (χ1) is 12.9. The van der Waals surface area contributed by atoms with Gasteiger partial charge in [0, 0.05) is 11.8 Å². The van der Waals surface area contributed by atoms with Gasteiger partial charge in [-0.15, -0.1) is 0 Å². The van der Waals surface area contributed by atoms with Gasteiger partial charge in [0.05, 0.1) is 19.9 Å². The highest BCUT2D eigenvalue weighted by atomic mass is 19.4. The highest BCUT2D eigenvalue weighted by molar-refractivity contribution is 5.65. The third-order valence-corrected chi connectivity index (χ3v) is 3.61. The van der Waals surface area contributed by atoms with Crippen LogP contribution in [0.5, 0.6) is 11.5 Å². The van der Waals surface area contributed by atoms with E-state index in [1.165, 1.54) is 32.5 Å². The zero-order valence-electron chi connectivity index (χ0n) is 14.4. The van der Waals surface area contributed by atoms with Crippen molar-refractivity contribution in [3.63, 3.8) is 0 Å². The molecular weight excluding hydrogens is 361 g/mol. The van der Waals surface area contributed by atoms with Gasteiger partial charge in [-0.1, -0.05) is 6.07 Å². The van der Waals surface area contributed by atoms with Crippen LogP contribution in [-0.4, -0.2) is 29.2 Å². The van der Waals surface area contributed by atoms with Crippen LogP contribution in [0.2, 0.25) is 0 Å². The maximum Gasteiger partial charge on any atom is 0.433 e. The molecule has 6 nitrogen and oxygen atoms in total. The van der Waals surface area contributed by atoms with E-state index in [0.29, 0.717) is 17.2 Å². The number of alkyl halides is 3. The van der Waals surface area contributed by atoms with Gasteiger partial charge in [-0.05, 0) is 36.4 Å². The SMILES string of the molecule is COc1ccc(-c2ccnc(Nc3cccc(C(F)(F)F)n3)n2)cc1OC. The average molecular weight is 376 g/mol. The third kappa shape index (κ3) is 4.25. The van der Waals surface area contributed by atoms with Crippen LogP contribution >= 0.6 is 0 Å². The maximum atomic E-state index is 12.8. The van der Waals surface area contributed by atoms with Crippen LogP contribution in [0.25, 0.3) is 11.3 Å². The number of hydrogen-bond acceptors (Lipinski definition) is 6. The molecule has 0 fully saturated rings. The number of methoxy groups -OCH3 is 2. The topological polar surface area (TPSA) is 69.2 Å². The minimum atomic E-state index is -4.53. The molecule has 3 aromatic rings. The number of halogens is 3. The molecule has 0 aliphatic carbocycles. The Morgan fingerprint density at radius 1 is 0.926 bits per heavy atom. The van der Waals surface area contributed by atoms with Crippen molar-refractivity contribution in [3.8, 4) is 22.8 Å². The molecule has 0 bridgehead atoms. The summed E-state index contributed by atoms with van der Waals surface area (Å²) in [7, 11) is 3.06. The molecular formula is C18H15F3N4O2. The number of hydrogen-bond donors (Lipinski definition) is 1. The van der Waals surface area contributed by atoms with Crippen molar-refractivity contribution in [3.05, 3.63) is 54.4 Å². The van der Waals surface area contributed by atoms with E-state index >= 15 is 0 Å². The van der Waals surface area contributed by atoms with E-state index in [0.717, 1.165) is 11.6 Å². The van der Waals surface area contributed by atoms with Crippen LogP contribution in [0.4, 0.5) is 24.9 Å². The van der Waals surface area contributed by atoms with Crippen molar-refractivity contribution in [1.29, 1.82) is 0 Å². The van der Waals surface area contributed by atoms with E-state index in [2.05, 4.69) is 20.3 Å². The Morgan fingerprint density at radius 3 is 2.41 bits per heavy atom. The number of anilines is 2. The van der Waals surface area contributed by atoms with Crippen molar-refractivity contribution in [2.24, 2.45) is 0 Å². The van der Waals surface area contributed by atoms with Gasteiger partial charge >= 0.3 is 6.18 Å². The summed E-state index contributed by atoms with van der Waals surface area (Å²) in [6.45, 7) is 0. The van der Waals surface area contributed by atoms with E-state index in [4.69, 9.17) is 9.47 Å². The van der Waals surface area contributed by atoms with Crippen molar-refractivity contribution in [1.82, 2.24) is 15.0 Å². The Balaban J connectivity index is 1.89. The quantitative estimate of drug-likeness (QED) is 0.715. The predicted octanol–water partition coefficient (Wildman–Crippen LogP) is 4.32. The van der Waals surface area contributed by atoms with E-state index in [9.17, 15) is 13.2 Å². The second kappa shape index (κ2) is 7.48. The monoisotopic (exact) mass is 376 g/mol. The van der Waals surface area contributed by atoms with E-state index < -0.39 is 11.9 Å². The molecule has 2 heterocycles. The largest absolute Gasteiger partial charge is 0.493 e. The number of pyridine rings is 1. The molecule has 3 rings (SSSR count). The summed E-state index contributed by atoms with van der Waals surface area (Å²) in [5.41, 5.74) is 0.291. The second-order valence-corrected chi connectivity index (χ2v) is 5.37. The van der Waals surface area contributed by atoms with Gasteiger partial charge in [-0.3, -0.25) is 0 Å². The van der Waals surface area contributed by atoms with E-state index in [-0.39, 0.29) is 11.8 Å². The lowest BCUT2D eigenvalue weighted by atomic mass is 10.1. The molecule has 2 aromatic heterocycles. The molecule has 140 valence electrons. The molecule has 0 radical (unpaired) electrons. The van der Waals surface area contributed by atoms with Crippen molar-refractivity contribution in [2.75, 3.05) is 19.5 Å². The van der Waals surface area contributed by atoms with Gasteiger partial charge < -0.3 is 14.8 Å². The summed E-state index contributed by atoms with van der Waals surface area (Å²) in [5.74, 6) is 1.22. The highest BCUT2D eigenvalue weighted by Gasteiger charge is 2.32. The smallest absolute Gasteiger partial charge is 0.433 e. The molecule has 1 N–H and O–H groups in total. The van der Waals surface area contributed by atoms with Gasteiger partial charge in [0.15, 0.2) is 11.5 Å². The number of rotatable bonds is 5. The third-order valence-electron chi connectivity index (χ3n) is 3.61. The number of ether oxygens (including phenoxy) is 2. The molecule has 0 amide bonds. The van der Waals surface area contributed by atoms with Crippen molar-refractivity contribution >= 4 is 11.8 Å². The molecule has 0 aliphatic rings. The number of nitrogens with zero attached hydrogens (tertiary/aromatic N) is 3. The van der Waals surface area contributed by atoms with E-state index in [1.54, 1.807) is 24.3 Å². The fourth-order valence-corrected chi connectivity index (χ4v) is 2.35. The van der Waals surface area contributed by atoms with Crippen LogP contribution in [-0.2, 0) is 6.18 Å². The first-order valence-corrected chi connectivity index (χ1v) is 7.77. The zero-order valence-corrected chi connectivity index (χ0v) is 14.4. The fraction of sp³-hybridized carbons (Fsp3) is 0.167. The summed E-state index contributed by atoms with van der Waals surface area (Å²) in [6, 6.07) is 10.5. The minimum Gasteiger partial charge on any atom is -0.493 e. The number of aromatic nitrogens is 3. The number of nitrogens with one attached hydrogen (secondary N) is 1. The van der Waals surface area contributed by atoms with Crippen LogP contribution in [0.1, 0.15) is 5.69 Å². The molecule has 0 spiro atoms. The van der Waals surface area contributed by atoms with Crippen LogP contribution in [0, 0.1) is 0 Å². The molecule has 0 unspecified atom stereocenters. The first kappa shape index (κ1) is 18.4. The number of benzene rings is 1. The standard InChI is InChI=1S/C18H15F3N4O2/c1-26-13-7-6-11(10-14(13)27-2)12-8-9-22-17(23-12)25-16-5-3-4-15(24-16)18(19,20)21/h3-10H,1-2H3,(H,22,23,24,25). The van der Waals surface area contributed by atoms with Gasteiger partial charge in [-0.2, -0.15) is 13.2 Å². The van der Waals surface area contributed by atoms with Gasteiger partial charge in [0.1, 0.15) is 11.5 Å². The first-order valence-electron chi connectivity index (χ1n) is 7.77. The van der Waals surface area contributed by atoms with Gasteiger partial charge in [0.25, 0.3) is 0 Å². The summed E-state index contributed by atoms with van der Waals surface area (Å²) < 4.78 is 48.8. The summed E-state index contributed by atoms with van der Waals surface area (Å²) >= 11 is 0. The fourth-order valence-electron chi connectivity index (χ4n) is 2.35. The molecule has 1 aromatic carbocycles. The second-order valence-electron chi connectivity index (χ2n) is 5.37. The normalized spacial score (nSPS) is 11.1. The Bertz CT molecular complexity index is 948. The average Bonchev–Trinajstić information content (AvgIpc) is 2.67. The van der Waals surface area contributed by atoms with Crippen LogP contribution in [0.3, 0.4) is 0 Å². The zero-order chi connectivity index (χ0) is 19.4. The Morgan fingerprint density at radius 2 is 1.70 bits per heavy atom. The van der Waals surface area contributed by atoms with Crippen molar-refractivity contribution in [2.45, 2.75) is 6.18 Å². The van der Waals surface area contributed by atoms with E-state index in [1.807, 2.05) is 0 Å². The summed E-state index contributed by atoms with van der Waals surface area (Å²) in [4.78, 5) is 11.9. The Labute approximate surface area is 153 Å². The predicted molar refractivity (Wildman–Crippen MR) is 93.1 cm³/mol. The molecule has 0 aliphatic heterocycles. The van der Waals surface area contributed by atoms with Gasteiger partial charge in [0.2, 0.25) is 5.95 Å². The summed E-state index contributed by atoms with van der Waals surface area (Å²) in [6.07, 6.45) is -3.03. The molecule has 0 saturated heterocycles. The molecule has 9 heteroatoms. The lowest BCUT2D eigenvalue weighted by molar-refractivity contribution is -0.141.